The number of aromatic amines is 1. The highest BCUT2D eigenvalue weighted by Crippen LogP contribution is 2.37. The predicted molar refractivity (Wildman–Crippen MR) is 98.8 cm³/mol. The molecule has 0 amide bonds. The molecule has 152 valence electrons. The van der Waals surface area contributed by atoms with Crippen molar-refractivity contribution in [2.75, 3.05) is 39.6 Å². The summed E-state index contributed by atoms with van der Waals surface area (Å²) < 4.78 is 23.5. The van der Waals surface area contributed by atoms with Crippen molar-refractivity contribution in [3.63, 3.8) is 0 Å². The van der Waals surface area contributed by atoms with Gasteiger partial charge in [0.05, 0.1) is 43.7 Å². The standard InChI is InChI=1S/C17H17N5O7/c23-17-15-16(18-9-19-17)21(10-20-15)11-7-13-14(8-12(11)22(24)25)29-6-4-27-2-1-26-3-5-28-13/h7-10H,1-6H2,(H,18,19,23). The quantitative estimate of drug-likeness (QED) is 0.486. The number of nitro groups is 1. The van der Waals surface area contributed by atoms with E-state index in [-0.39, 0.29) is 41.5 Å². The van der Waals surface area contributed by atoms with Crippen LogP contribution in [0.4, 0.5) is 5.69 Å². The highest BCUT2D eigenvalue weighted by atomic mass is 16.6. The van der Waals surface area contributed by atoms with Crippen LogP contribution in [0.2, 0.25) is 0 Å². The number of benzene rings is 1. The van der Waals surface area contributed by atoms with Crippen molar-refractivity contribution in [2.24, 2.45) is 0 Å². The maximum Gasteiger partial charge on any atom is 0.297 e. The van der Waals surface area contributed by atoms with E-state index >= 15 is 0 Å². The third kappa shape index (κ3) is 3.88. The van der Waals surface area contributed by atoms with E-state index in [4.69, 9.17) is 18.9 Å². The summed E-state index contributed by atoms with van der Waals surface area (Å²) in [7, 11) is 0. The van der Waals surface area contributed by atoms with Crippen LogP contribution in [0.15, 0.2) is 29.6 Å². The summed E-state index contributed by atoms with van der Waals surface area (Å²) in [6, 6.07) is 2.74. The van der Waals surface area contributed by atoms with Gasteiger partial charge in [-0.1, -0.05) is 0 Å². The lowest BCUT2D eigenvalue weighted by molar-refractivity contribution is -0.384. The zero-order valence-corrected chi connectivity index (χ0v) is 15.2. The number of H-pyrrole nitrogens is 1. The van der Waals surface area contributed by atoms with Crippen LogP contribution in [0.1, 0.15) is 0 Å². The number of hydrogen-bond acceptors (Lipinski definition) is 9. The molecule has 12 heteroatoms. The number of rotatable bonds is 2. The van der Waals surface area contributed by atoms with E-state index in [0.717, 1.165) is 0 Å². The Kier molecular flexibility index (Phi) is 5.35. The molecule has 1 aliphatic rings. The molecule has 1 aliphatic heterocycles. The minimum Gasteiger partial charge on any atom is -0.487 e. The first-order chi connectivity index (χ1) is 14.1. The van der Waals surface area contributed by atoms with Crippen LogP contribution < -0.4 is 15.0 Å². The van der Waals surface area contributed by atoms with Gasteiger partial charge in [0.15, 0.2) is 22.7 Å². The Morgan fingerprint density at radius 2 is 1.66 bits per heavy atom. The molecular formula is C17H17N5O7. The van der Waals surface area contributed by atoms with Gasteiger partial charge in [0.2, 0.25) is 0 Å². The Morgan fingerprint density at radius 1 is 1.00 bits per heavy atom. The molecule has 0 atom stereocenters. The van der Waals surface area contributed by atoms with E-state index in [0.29, 0.717) is 32.2 Å². The monoisotopic (exact) mass is 403 g/mol. The molecule has 1 aromatic carbocycles. The molecule has 2 aromatic heterocycles. The van der Waals surface area contributed by atoms with Gasteiger partial charge in [-0.15, -0.1) is 0 Å². The SMILES string of the molecule is O=c1[nH]cnc2c1ncn2-c1cc2c(cc1[N+](=O)[O-])OCCOCCOCCO2. The predicted octanol–water partition coefficient (Wildman–Crippen LogP) is 0.821. The number of hydrogen-bond donors (Lipinski definition) is 1. The first kappa shape index (κ1) is 18.8. The molecule has 0 bridgehead atoms. The highest BCUT2D eigenvalue weighted by molar-refractivity contribution is 5.74. The number of nitrogens with one attached hydrogen (secondary N) is 1. The molecule has 0 saturated heterocycles. The van der Waals surface area contributed by atoms with Crippen LogP contribution in [0.25, 0.3) is 16.9 Å². The molecule has 0 saturated carbocycles. The third-order valence-corrected chi connectivity index (χ3v) is 4.18. The van der Waals surface area contributed by atoms with Gasteiger partial charge in [-0.2, -0.15) is 0 Å². The van der Waals surface area contributed by atoms with Crippen molar-refractivity contribution >= 4 is 16.9 Å². The molecule has 0 radical (unpaired) electrons. The summed E-state index contributed by atoms with van der Waals surface area (Å²) in [6.45, 7) is 1.89. The second-order valence-corrected chi connectivity index (χ2v) is 5.98. The van der Waals surface area contributed by atoms with Crippen molar-refractivity contribution in [3.05, 3.63) is 45.3 Å². The van der Waals surface area contributed by atoms with E-state index in [9.17, 15) is 14.9 Å². The zero-order valence-electron chi connectivity index (χ0n) is 15.2. The van der Waals surface area contributed by atoms with E-state index in [1.807, 2.05) is 0 Å². The highest BCUT2D eigenvalue weighted by Gasteiger charge is 2.24. The largest absolute Gasteiger partial charge is 0.487 e. The Bertz CT molecular complexity index is 1090. The van der Waals surface area contributed by atoms with Crippen LogP contribution >= 0.6 is 0 Å². The molecule has 1 N–H and O–H groups in total. The van der Waals surface area contributed by atoms with Gasteiger partial charge in [0.1, 0.15) is 25.2 Å². The molecule has 12 nitrogen and oxygen atoms in total. The molecular weight excluding hydrogens is 386 g/mol. The lowest BCUT2D eigenvalue weighted by Gasteiger charge is -2.16. The van der Waals surface area contributed by atoms with E-state index in [1.165, 1.54) is 29.4 Å². The maximum absolute atomic E-state index is 11.9. The van der Waals surface area contributed by atoms with Gasteiger partial charge in [0, 0.05) is 6.07 Å². The van der Waals surface area contributed by atoms with Crippen molar-refractivity contribution in [3.8, 4) is 17.2 Å². The van der Waals surface area contributed by atoms with Crippen molar-refractivity contribution in [2.45, 2.75) is 0 Å². The molecule has 0 fully saturated rings. The number of nitro benzene ring substituents is 1. The summed E-state index contributed by atoms with van der Waals surface area (Å²) >= 11 is 0. The van der Waals surface area contributed by atoms with Crippen LogP contribution in [-0.4, -0.2) is 64.1 Å². The van der Waals surface area contributed by atoms with Crippen LogP contribution in [-0.2, 0) is 9.47 Å². The van der Waals surface area contributed by atoms with E-state index in [1.54, 1.807) is 0 Å². The molecule has 0 spiro atoms. The second kappa shape index (κ2) is 8.24. The summed E-state index contributed by atoms with van der Waals surface area (Å²) in [5.41, 5.74) is -0.306. The topological polar surface area (TPSA) is 144 Å². The van der Waals surface area contributed by atoms with Gasteiger partial charge in [-0.3, -0.25) is 19.5 Å². The van der Waals surface area contributed by atoms with E-state index in [2.05, 4.69) is 15.0 Å². The fourth-order valence-corrected chi connectivity index (χ4v) is 2.87. The summed E-state index contributed by atoms with van der Waals surface area (Å²) in [6.07, 6.45) is 2.51. The number of nitrogens with zero attached hydrogens (tertiary/aromatic N) is 4. The minimum absolute atomic E-state index is 0.0669. The second-order valence-electron chi connectivity index (χ2n) is 5.98. The van der Waals surface area contributed by atoms with Crippen LogP contribution in [0, 0.1) is 10.1 Å². The van der Waals surface area contributed by atoms with Gasteiger partial charge < -0.3 is 23.9 Å². The van der Waals surface area contributed by atoms with Crippen LogP contribution in [0.5, 0.6) is 11.5 Å². The summed E-state index contributed by atoms with van der Waals surface area (Å²) in [4.78, 5) is 33.6. The molecule has 3 heterocycles. The Hall–Kier alpha value is -3.51. The average Bonchev–Trinajstić information content (AvgIpc) is 3.13. The first-order valence-electron chi connectivity index (χ1n) is 8.80. The van der Waals surface area contributed by atoms with Gasteiger partial charge in [-0.25, -0.2) is 9.97 Å². The average molecular weight is 403 g/mol. The summed E-state index contributed by atoms with van der Waals surface area (Å²) in [5, 5.41) is 11.7. The zero-order chi connectivity index (χ0) is 20.2. The van der Waals surface area contributed by atoms with Crippen molar-refractivity contribution in [1.29, 1.82) is 0 Å². The number of aromatic nitrogens is 4. The molecule has 0 unspecified atom stereocenters. The fraction of sp³-hybridized carbons (Fsp3) is 0.353. The van der Waals surface area contributed by atoms with Crippen LogP contribution in [0.3, 0.4) is 0 Å². The van der Waals surface area contributed by atoms with Crippen molar-refractivity contribution in [1.82, 2.24) is 19.5 Å². The molecule has 4 rings (SSSR count). The lowest BCUT2D eigenvalue weighted by Crippen LogP contribution is -2.16. The maximum atomic E-state index is 11.9. The summed E-state index contributed by atoms with van der Waals surface area (Å²) in [5.74, 6) is 0.501. The van der Waals surface area contributed by atoms with E-state index < -0.39 is 10.5 Å². The first-order valence-corrected chi connectivity index (χ1v) is 8.80. The Morgan fingerprint density at radius 3 is 2.34 bits per heavy atom. The number of ether oxygens (including phenoxy) is 4. The van der Waals surface area contributed by atoms with Gasteiger partial charge in [0.25, 0.3) is 11.2 Å². The number of fused-ring (bicyclic) bond motifs is 2. The van der Waals surface area contributed by atoms with Gasteiger partial charge in [-0.05, 0) is 0 Å². The lowest BCUT2D eigenvalue weighted by atomic mass is 10.2. The fourth-order valence-electron chi connectivity index (χ4n) is 2.87. The molecule has 3 aromatic rings. The minimum atomic E-state index is -0.548. The number of imidazole rings is 1. The van der Waals surface area contributed by atoms with Gasteiger partial charge >= 0.3 is 0 Å². The smallest absolute Gasteiger partial charge is 0.297 e. The molecule has 0 aliphatic carbocycles. The Labute approximate surface area is 163 Å². The molecule has 29 heavy (non-hydrogen) atoms. The Balaban J connectivity index is 1.82. The normalized spacial score (nSPS) is 15.4. The third-order valence-electron chi connectivity index (χ3n) is 4.18. The van der Waals surface area contributed by atoms with Crippen molar-refractivity contribution < 1.29 is 23.9 Å².